The summed E-state index contributed by atoms with van der Waals surface area (Å²) in [6, 6.07) is 6.41. The Kier molecular flexibility index (Phi) is 5.69. The van der Waals surface area contributed by atoms with Crippen LogP contribution in [0.15, 0.2) is 36.7 Å². The van der Waals surface area contributed by atoms with Gasteiger partial charge in [0.05, 0.1) is 6.54 Å². The van der Waals surface area contributed by atoms with E-state index in [1.807, 2.05) is 0 Å². The first-order valence-corrected chi connectivity index (χ1v) is 8.68. The molecular formula is C16H12Cl3N5O3. The SMILES string of the molecule is O=C(Cn1ccc(C(=O)O)n1)Nc1nn(Cc2ccc(Cl)cc2Cl)cc1Cl. The second-order valence-electron chi connectivity index (χ2n) is 5.51. The largest absolute Gasteiger partial charge is 0.476 e. The number of aromatic carboxylic acids is 1. The number of halogens is 3. The van der Waals surface area contributed by atoms with Crippen LogP contribution >= 0.6 is 34.8 Å². The summed E-state index contributed by atoms with van der Waals surface area (Å²) in [6.07, 6.45) is 2.95. The molecule has 0 unspecified atom stereocenters. The van der Waals surface area contributed by atoms with Gasteiger partial charge in [-0.05, 0) is 23.8 Å². The summed E-state index contributed by atoms with van der Waals surface area (Å²) in [5.74, 6) is -1.44. The first-order chi connectivity index (χ1) is 12.8. The van der Waals surface area contributed by atoms with E-state index in [4.69, 9.17) is 39.9 Å². The molecule has 0 bridgehead atoms. The molecule has 2 N–H and O–H groups in total. The van der Waals surface area contributed by atoms with Gasteiger partial charge in [0.2, 0.25) is 5.91 Å². The minimum atomic E-state index is -1.17. The minimum absolute atomic E-state index is 0.148. The number of rotatable bonds is 6. The lowest BCUT2D eigenvalue weighted by Crippen LogP contribution is -2.20. The molecule has 140 valence electrons. The van der Waals surface area contributed by atoms with Crippen LogP contribution in [0.1, 0.15) is 16.1 Å². The number of hydrogen-bond donors (Lipinski definition) is 2. The average Bonchev–Trinajstić information content (AvgIpc) is 3.17. The van der Waals surface area contributed by atoms with E-state index in [0.29, 0.717) is 16.6 Å². The number of carboxylic acid groups (broad SMARTS) is 1. The fourth-order valence-corrected chi connectivity index (χ4v) is 2.94. The average molecular weight is 429 g/mol. The summed E-state index contributed by atoms with van der Waals surface area (Å²) in [5, 5.41) is 20.7. The summed E-state index contributed by atoms with van der Waals surface area (Å²) in [5.41, 5.74) is 0.640. The Morgan fingerprint density at radius 2 is 1.85 bits per heavy atom. The van der Waals surface area contributed by atoms with Crippen LogP contribution in [0, 0.1) is 0 Å². The highest BCUT2D eigenvalue weighted by Gasteiger charge is 2.14. The molecule has 3 aromatic rings. The van der Waals surface area contributed by atoms with Crippen LogP contribution in [0.25, 0.3) is 0 Å². The molecule has 0 atom stereocenters. The molecular weight excluding hydrogens is 417 g/mol. The lowest BCUT2D eigenvalue weighted by Gasteiger charge is -2.05. The van der Waals surface area contributed by atoms with Gasteiger partial charge >= 0.3 is 5.97 Å². The van der Waals surface area contributed by atoms with Crippen LogP contribution in [-0.4, -0.2) is 36.5 Å². The van der Waals surface area contributed by atoms with E-state index in [9.17, 15) is 9.59 Å². The van der Waals surface area contributed by atoms with E-state index < -0.39 is 11.9 Å². The highest BCUT2D eigenvalue weighted by atomic mass is 35.5. The molecule has 0 aliphatic heterocycles. The zero-order valence-corrected chi connectivity index (χ0v) is 15.8. The number of carbonyl (C=O) groups is 2. The normalized spacial score (nSPS) is 10.8. The van der Waals surface area contributed by atoms with Gasteiger partial charge in [-0.3, -0.25) is 14.2 Å². The fraction of sp³-hybridized carbons (Fsp3) is 0.125. The molecule has 0 fully saturated rings. The van der Waals surface area contributed by atoms with Crippen LogP contribution in [0.5, 0.6) is 0 Å². The van der Waals surface area contributed by atoms with Gasteiger partial charge in [0, 0.05) is 22.4 Å². The summed E-state index contributed by atoms with van der Waals surface area (Å²) in [7, 11) is 0. The molecule has 0 aliphatic carbocycles. The summed E-state index contributed by atoms with van der Waals surface area (Å²) < 4.78 is 2.74. The number of aromatic nitrogens is 4. The molecule has 1 aromatic carbocycles. The van der Waals surface area contributed by atoms with Gasteiger partial charge in [-0.15, -0.1) is 0 Å². The highest BCUT2D eigenvalue weighted by molar-refractivity contribution is 6.35. The maximum absolute atomic E-state index is 12.1. The number of nitrogens with zero attached hydrogens (tertiary/aromatic N) is 4. The lowest BCUT2D eigenvalue weighted by molar-refractivity contribution is -0.116. The topological polar surface area (TPSA) is 102 Å². The summed E-state index contributed by atoms with van der Waals surface area (Å²) >= 11 is 18.1. The number of nitrogens with one attached hydrogen (secondary N) is 1. The Morgan fingerprint density at radius 3 is 2.52 bits per heavy atom. The monoisotopic (exact) mass is 427 g/mol. The molecule has 11 heteroatoms. The minimum Gasteiger partial charge on any atom is -0.476 e. The third-order valence-electron chi connectivity index (χ3n) is 3.49. The third kappa shape index (κ3) is 4.79. The highest BCUT2D eigenvalue weighted by Crippen LogP contribution is 2.24. The number of anilines is 1. The summed E-state index contributed by atoms with van der Waals surface area (Å²) in [4.78, 5) is 22.9. The van der Waals surface area contributed by atoms with E-state index in [2.05, 4.69) is 15.5 Å². The van der Waals surface area contributed by atoms with E-state index in [1.54, 1.807) is 24.4 Å². The molecule has 3 rings (SSSR count). The predicted molar refractivity (Wildman–Crippen MR) is 101 cm³/mol. The lowest BCUT2D eigenvalue weighted by atomic mass is 10.2. The van der Waals surface area contributed by atoms with Gasteiger partial charge in [-0.25, -0.2) is 4.79 Å². The Morgan fingerprint density at radius 1 is 1.07 bits per heavy atom. The van der Waals surface area contributed by atoms with E-state index >= 15 is 0 Å². The molecule has 2 heterocycles. The van der Waals surface area contributed by atoms with Crippen molar-refractivity contribution in [3.05, 3.63) is 63.0 Å². The van der Waals surface area contributed by atoms with Crippen molar-refractivity contribution in [2.75, 3.05) is 5.32 Å². The smallest absolute Gasteiger partial charge is 0.356 e. The van der Waals surface area contributed by atoms with E-state index in [1.165, 1.54) is 21.6 Å². The van der Waals surface area contributed by atoms with Crippen LogP contribution in [-0.2, 0) is 17.9 Å². The first-order valence-electron chi connectivity index (χ1n) is 7.55. The quantitative estimate of drug-likeness (QED) is 0.626. The summed E-state index contributed by atoms with van der Waals surface area (Å²) in [6.45, 7) is 0.159. The molecule has 1 amide bonds. The molecule has 0 aliphatic rings. The van der Waals surface area contributed by atoms with Gasteiger partial charge in [0.15, 0.2) is 11.5 Å². The zero-order valence-electron chi connectivity index (χ0n) is 13.6. The second-order valence-corrected chi connectivity index (χ2v) is 6.76. The van der Waals surface area contributed by atoms with Crippen molar-refractivity contribution in [1.82, 2.24) is 19.6 Å². The number of carbonyl (C=O) groups excluding carboxylic acids is 1. The fourth-order valence-electron chi connectivity index (χ4n) is 2.27. The number of amides is 1. The van der Waals surface area contributed by atoms with Crippen molar-refractivity contribution < 1.29 is 14.7 Å². The number of hydrogen-bond acceptors (Lipinski definition) is 4. The molecule has 2 aromatic heterocycles. The maximum atomic E-state index is 12.1. The molecule has 0 saturated heterocycles. The Labute approximate surface area is 168 Å². The van der Waals surface area contributed by atoms with Crippen molar-refractivity contribution >= 4 is 52.5 Å². The number of benzene rings is 1. The van der Waals surface area contributed by atoms with Gasteiger partial charge in [0.25, 0.3) is 0 Å². The molecule has 0 radical (unpaired) electrons. The molecule has 0 saturated carbocycles. The van der Waals surface area contributed by atoms with Crippen molar-refractivity contribution in [2.24, 2.45) is 0 Å². The molecule has 0 spiro atoms. The standard InChI is InChI=1S/C16H12Cl3N5O3/c17-10-2-1-9(11(18)5-10)6-24-7-12(19)15(22-24)20-14(25)8-23-4-3-13(21-23)16(26)27/h1-5,7H,6,8H2,(H,26,27)(H,20,22,25). The number of carboxylic acids is 1. The van der Waals surface area contributed by atoms with Gasteiger partial charge in [-0.2, -0.15) is 10.2 Å². The van der Waals surface area contributed by atoms with Crippen molar-refractivity contribution in [1.29, 1.82) is 0 Å². The van der Waals surface area contributed by atoms with Gasteiger partial charge < -0.3 is 10.4 Å². The van der Waals surface area contributed by atoms with Gasteiger partial charge in [0.1, 0.15) is 11.6 Å². The maximum Gasteiger partial charge on any atom is 0.356 e. The predicted octanol–water partition coefficient (Wildman–Crippen LogP) is 3.43. The van der Waals surface area contributed by atoms with Crippen LogP contribution in [0.4, 0.5) is 5.82 Å². The zero-order chi connectivity index (χ0) is 19.6. The van der Waals surface area contributed by atoms with Crippen molar-refractivity contribution in [2.45, 2.75) is 13.1 Å². The van der Waals surface area contributed by atoms with E-state index in [0.717, 1.165) is 5.56 Å². The second kappa shape index (κ2) is 7.99. The van der Waals surface area contributed by atoms with Crippen molar-refractivity contribution in [3.63, 3.8) is 0 Å². The van der Waals surface area contributed by atoms with E-state index in [-0.39, 0.29) is 23.1 Å². The Balaban J connectivity index is 1.66. The molecule has 27 heavy (non-hydrogen) atoms. The van der Waals surface area contributed by atoms with Crippen LogP contribution in [0.2, 0.25) is 15.1 Å². The Bertz CT molecular complexity index is 1010. The van der Waals surface area contributed by atoms with Crippen LogP contribution < -0.4 is 5.32 Å². The van der Waals surface area contributed by atoms with Gasteiger partial charge in [-0.1, -0.05) is 40.9 Å². The van der Waals surface area contributed by atoms with Crippen LogP contribution in [0.3, 0.4) is 0 Å². The third-order valence-corrected chi connectivity index (χ3v) is 4.35. The molecule has 8 nitrogen and oxygen atoms in total. The van der Waals surface area contributed by atoms with Crippen molar-refractivity contribution in [3.8, 4) is 0 Å². The first kappa shape index (κ1) is 19.2. The Hall–Kier alpha value is -2.55.